The first-order valence-electron chi connectivity index (χ1n) is 7.46. The summed E-state index contributed by atoms with van der Waals surface area (Å²) in [5.41, 5.74) is 1.14. The summed E-state index contributed by atoms with van der Waals surface area (Å²) in [6, 6.07) is 7.88. The second kappa shape index (κ2) is 6.03. The first-order chi connectivity index (χ1) is 10.2. The van der Waals surface area contributed by atoms with Gasteiger partial charge in [0.05, 0.1) is 19.6 Å². The van der Waals surface area contributed by atoms with Crippen LogP contribution < -0.4 is 4.74 Å². The second-order valence-corrected chi connectivity index (χ2v) is 5.92. The number of hydrogen-bond donors (Lipinski definition) is 1. The maximum atomic E-state index is 12.5. The summed E-state index contributed by atoms with van der Waals surface area (Å²) in [4.78, 5) is 16.6. The number of likely N-dealkylation sites (tertiary alicyclic amines) is 2. The van der Waals surface area contributed by atoms with Crippen LogP contribution in [0.25, 0.3) is 0 Å². The van der Waals surface area contributed by atoms with Gasteiger partial charge in [0.25, 0.3) is 0 Å². The Morgan fingerprint density at radius 2 is 2.00 bits per heavy atom. The third-order valence-electron chi connectivity index (χ3n) is 4.55. The maximum absolute atomic E-state index is 12.5. The number of fused-ring (bicyclic) bond motifs is 1. The van der Waals surface area contributed by atoms with E-state index in [2.05, 4.69) is 4.90 Å². The Hall–Kier alpha value is -1.59. The fourth-order valence-electron chi connectivity index (χ4n) is 3.45. The summed E-state index contributed by atoms with van der Waals surface area (Å²) in [7, 11) is 1.65. The maximum Gasteiger partial charge on any atom is 0.227 e. The smallest absolute Gasteiger partial charge is 0.227 e. The zero-order valence-corrected chi connectivity index (χ0v) is 12.4. The molecular weight excluding hydrogens is 268 g/mol. The first-order valence-corrected chi connectivity index (χ1v) is 7.46. The Kier molecular flexibility index (Phi) is 4.12. The molecule has 0 saturated carbocycles. The molecule has 2 aliphatic heterocycles. The Bertz CT molecular complexity index is 503. The van der Waals surface area contributed by atoms with Crippen LogP contribution in [0.1, 0.15) is 5.56 Å². The highest BCUT2D eigenvalue weighted by atomic mass is 16.5. The topological polar surface area (TPSA) is 53.0 Å². The minimum absolute atomic E-state index is 0.120. The lowest BCUT2D eigenvalue weighted by atomic mass is 10.0. The van der Waals surface area contributed by atoms with Crippen LogP contribution in [-0.2, 0) is 11.3 Å². The quantitative estimate of drug-likeness (QED) is 0.862. The van der Waals surface area contributed by atoms with E-state index >= 15 is 0 Å². The van der Waals surface area contributed by atoms with Crippen LogP contribution in [0.15, 0.2) is 24.3 Å². The third kappa shape index (κ3) is 2.89. The highest BCUT2D eigenvalue weighted by Crippen LogP contribution is 2.32. The fourth-order valence-corrected chi connectivity index (χ4v) is 3.45. The largest absolute Gasteiger partial charge is 0.497 e. The van der Waals surface area contributed by atoms with E-state index in [1.807, 2.05) is 29.2 Å². The number of aliphatic hydroxyl groups is 1. The van der Waals surface area contributed by atoms with Crippen molar-refractivity contribution in [2.24, 2.45) is 11.8 Å². The van der Waals surface area contributed by atoms with E-state index in [-0.39, 0.29) is 18.4 Å². The molecule has 0 aromatic heterocycles. The minimum Gasteiger partial charge on any atom is -0.497 e. The number of amides is 1. The number of nitrogens with zero attached hydrogens (tertiary/aromatic N) is 2. The normalized spacial score (nSPS) is 25.4. The Morgan fingerprint density at radius 1 is 1.24 bits per heavy atom. The molecule has 1 aromatic rings. The fraction of sp³-hybridized carbons (Fsp3) is 0.562. The first kappa shape index (κ1) is 14.4. The molecule has 0 unspecified atom stereocenters. The van der Waals surface area contributed by atoms with Crippen molar-refractivity contribution in [3.8, 4) is 5.75 Å². The van der Waals surface area contributed by atoms with Gasteiger partial charge in [-0.3, -0.25) is 9.69 Å². The Labute approximate surface area is 125 Å². The summed E-state index contributed by atoms with van der Waals surface area (Å²) in [6.07, 6.45) is 0. The van der Waals surface area contributed by atoms with Crippen molar-refractivity contribution in [2.75, 3.05) is 39.9 Å². The number of hydrogen-bond acceptors (Lipinski definition) is 4. The van der Waals surface area contributed by atoms with Gasteiger partial charge in [0.2, 0.25) is 5.91 Å². The van der Waals surface area contributed by atoms with E-state index in [1.54, 1.807) is 7.11 Å². The lowest BCUT2D eigenvalue weighted by Gasteiger charge is -2.21. The number of ether oxygens (including phenoxy) is 1. The van der Waals surface area contributed by atoms with Crippen molar-refractivity contribution in [1.82, 2.24) is 9.80 Å². The second-order valence-electron chi connectivity index (χ2n) is 5.92. The lowest BCUT2D eigenvalue weighted by Crippen LogP contribution is -2.33. The molecule has 0 aliphatic carbocycles. The van der Waals surface area contributed by atoms with Crippen molar-refractivity contribution in [1.29, 1.82) is 0 Å². The van der Waals surface area contributed by atoms with Gasteiger partial charge in [0.15, 0.2) is 0 Å². The molecule has 2 saturated heterocycles. The van der Waals surface area contributed by atoms with Crippen molar-refractivity contribution in [2.45, 2.75) is 6.54 Å². The van der Waals surface area contributed by atoms with Gasteiger partial charge in [-0.2, -0.15) is 0 Å². The van der Waals surface area contributed by atoms with Gasteiger partial charge in [-0.25, -0.2) is 0 Å². The zero-order chi connectivity index (χ0) is 14.8. The van der Waals surface area contributed by atoms with Gasteiger partial charge >= 0.3 is 0 Å². The number of carbonyl (C=O) groups is 1. The molecule has 1 aromatic carbocycles. The molecule has 114 valence electrons. The molecule has 21 heavy (non-hydrogen) atoms. The van der Waals surface area contributed by atoms with E-state index in [0.29, 0.717) is 19.0 Å². The molecule has 2 heterocycles. The predicted octanol–water partition coefficient (Wildman–Crippen LogP) is 0.578. The van der Waals surface area contributed by atoms with Crippen LogP contribution in [0, 0.1) is 11.8 Å². The molecule has 2 aliphatic rings. The van der Waals surface area contributed by atoms with Crippen LogP contribution in [0.3, 0.4) is 0 Å². The summed E-state index contributed by atoms with van der Waals surface area (Å²) < 4.78 is 5.15. The average molecular weight is 290 g/mol. The summed E-state index contributed by atoms with van der Waals surface area (Å²) in [5.74, 6) is 1.64. The van der Waals surface area contributed by atoms with Crippen LogP contribution in [-0.4, -0.2) is 60.7 Å². The van der Waals surface area contributed by atoms with Crippen molar-refractivity contribution in [3.63, 3.8) is 0 Å². The molecule has 2 atom stereocenters. The monoisotopic (exact) mass is 290 g/mol. The SMILES string of the molecule is COc1ccc(CN2C[C@@H]3CN(CCO)C[C@@H]3C2=O)cc1. The lowest BCUT2D eigenvalue weighted by molar-refractivity contribution is -0.131. The molecule has 5 heteroatoms. The summed E-state index contributed by atoms with van der Waals surface area (Å²) in [6.45, 7) is 4.08. The van der Waals surface area contributed by atoms with E-state index < -0.39 is 0 Å². The van der Waals surface area contributed by atoms with Gasteiger partial charge in [0, 0.05) is 38.6 Å². The zero-order valence-electron chi connectivity index (χ0n) is 12.4. The highest BCUT2D eigenvalue weighted by Gasteiger charge is 2.45. The average Bonchev–Trinajstić information content (AvgIpc) is 3.00. The van der Waals surface area contributed by atoms with E-state index in [9.17, 15) is 4.79 Å². The Balaban J connectivity index is 1.60. The number of methoxy groups -OCH3 is 1. The number of rotatable bonds is 5. The molecule has 0 spiro atoms. The molecule has 1 amide bonds. The molecule has 0 radical (unpaired) electrons. The predicted molar refractivity (Wildman–Crippen MR) is 78.9 cm³/mol. The van der Waals surface area contributed by atoms with Crippen LogP contribution in [0.5, 0.6) is 5.75 Å². The molecule has 2 fully saturated rings. The number of β-amino-alcohol motifs (C(OH)–C–C–N with tert-alkyl or cyclic N) is 1. The molecule has 0 bridgehead atoms. The van der Waals surface area contributed by atoms with Gasteiger partial charge in [0.1, 0.15) is 5.75 Å². The number of carbonyl (C=O) groups excluding carboxylic acids is 1. The molecule has 1 N–H and O–H groups in total. The van der Waals surface area contributed by atoms with E-state index in [0.717, 1.165) is 30.9 Å². The Morgan fingerprint density at radius 3 is 2.62 bits per heavy atom. The third-order valence-corrected chi connectivity index (χ3v) is 4.55. The summed E-state index contributed by atoms with van der Waals surface area (Å²) in [5, 5.41) is 9.00. The number of benzene rings is 1. The minimum atomic E-state index is 0.120. The van der Waals surface area contributed by atoms with Crippen molar-refractivity contribution < 1.29 is 14.6 Å². The molecule has 3 rings (SSSR count). The van der Waals surface area contributed by atoms with Gasteiger partial charge in [-0.1, -0.05) is 12.1 Å². The van der Waals surface area contributed by atoms with Crippen LogP contribution in [0.4, 0.5) is 0 Å². The molecular formula is C16H22N2O3. The number of aliphatic hydroxyl groups excluding tert-OH is 1. The highest BCUT2D eigenvalue weighted by molar-refractivity contribution is 5.82. The van der Waals surface area contributed by atoms with Gasteiger partial charge in [-0.15, -0.1) is 0 Å². The standard InChI is InChI=1S/C16H22N2O3/c1-21-14-4-2-12(3-5-14)8-18-10-13-9-17(6-7-19)11-15(13)16(18)20/h2-5,13,15,19H,6-11H2,1H3/t13-,15-/m0/s1. The van der Waals surface area contributed by atoms with Crippen LogP contribution in [0.2, 0.25) is 0 Å². The van der Waals surface area contributed by atoms with Gasteiger partial charge < -0.3 is 14.7 Å². The van der Waals surface area contributed by atoms with Gasteiger partial charge in [-0.05, 0) is 17.7 Å². The van der Waals surface area contributed by atoms with Crippen molar-refractivity contribution in [3.05, 3.63) is 29.8 Å². The van der Waals surface area contributed by atoms with Crippen molar-refractivity contribution >= 4 is 5.91 Å². The molecule has 5 nitrogen and oxygen atoms in total. The van der Waals surface area contributed by atoms with E-state index in [1.165, 1.54) is 0 Å². The van der Waals surface area contributed by atoms with Crippen LogP contribution >= 0.6 is 0 Å². The summed E-state index contributed by atoms with van der Waals surface area (Å²) >= 11 is 0. The van der Waals surface area contributed by atoms with E-state index in [4.69, 9.17) is 9.84 Å².